The van der Waals surface area contributed by atoms with Gasteiger partial charge in [0.15, 0.2) is 5.13 Å². The maximum Gasteiger partial charge on any atom is 0.185 e. The molecule has 2 rings (SSSR count). The lowest BCUT2D eigenvalue weighted by Gasteiger charge is -2.15. The van der Waals surface area contributed by atoms with E-state index < -0.39 is 0 Å². The number of thiazole rings is 1. The molecule has 0 radical (unpaired) electrons. The molecule has 0 saturated heterocycles. The standard InChI is InChI=1S/C13H16FN3S/c1-17(13-16-9-11(8-15)18-13)7-6-10-4-2-3-5-12(10)14/h2-5,9H,6-8,15H2,1H3. The molecule has 0 saturated carbocycles. The van der Waals surface area contributed by atoms with E-state index >= 15 is 0 Å². The minimum Gasteiger partial charge on any atom is -0.351 e. The second kappa shape index (κ2) is 5.93. The molecular formula is C13H16FN3S. The molecular weight excluding hydrogens is 249 g/mol. The summed E-state index contributed by atoms with van der Waals surface area (Å²) in [5, 5.41) is 0.923. The number of nitrogens with zero attached hydrogens (tertiary/aromatic N) is 2. The first kappa shape index (κ1) is 13.0. The first-order valence-corrected chi connectivity index (χ1v) is 6.61. The summed E-state index contributed by atoms with van der Waals surface area (Å²) in [4.78, 5) is 7.37. The molecule has 2 N–H and O–H groups in total. The molecule has 0 amide bonds. The van der Waals surface area contributed by atoms with Crippen molar-refractivity contribution in [2.75, 3.05) is 18.5 Å². The fraction of sp³-hybridized carbons (Fsp3) is 0.308. The van der Waals surface area contributed by atoms with Gasteiger partial charge in [0.05, 0.1) is 0 Å². The van der Waals surface area contributed by atoms with Crippen LogP contribution in [0.4, 0.5) is 9.52 Å². The molecule has 0 bridgehead atoms. The Morgan fingerprint density at radius 2 is 2.17 bits per heavy atom. The predicted octanol–water partition coefficient (Wildman–Crippen LogP) is 2.42. The van der Waals surface area contributed by atoms with Gasteiger partial charge in [-0.25, -0.2) is 9.37 Å². The molecule has 0 spiro atoms. The number of aromatic nitrogens is 1. The summed E-state index contributed by atoms with van der Waals surface area (Å²) in [6, 6.07) is 6.87. The highest BCUT2D eigenvalue weighted by Crippen LogP contribution is 2.21. The first-order valence-electron chi connectivity index (χ1n) is 5.80. The van der Waals surface area contributed by atoms with E-state index in [9.17, 15) is 4.39 Å². The van der Waals surface area contributed by atoms with Crippen LogP contribution in [0.1, 0.15) is 10.4 Å². The fourth-order valence-electron chi connectivity index (χ4n) is 1.65. The van der Waals surface area contributed by atoms with E-state index in [2.05, 4.69) is 4.98 Å². The van der Waals surface area contributed by atoms with Crippen molar-refractivity contribution in [1.29, 1.82) is 0 Å². The summed E-state index contributed by atoms with van der Waals surface area (Å²) >= 11 is 1.58. The minimum absolute atomic E-state index is 0.146. The lowest BCUT2D eigenvalue weighted by atomic mass is 10.1. The number of halogens is 1. The van der Waals surface area contributed by atoms with E-state index in [0.29, 0.717) is 13.0 Å². The molecule has 96 valence electrons. The Morgan fingerprint density at radius 3 is 2.83 bits per heavy atom. The van der Waals surface area contributed by atoms with Gasteiger partial charge in [-0.1, -0.05) is 18.2 Å². The van der Waals surface area contributed by atoms with Crippen molar-refractivity contribution in [3.63, 3.8) is 0 Å². The van der Waals surface area contributed by atoms with E-state index in [-0.39, 0.29) is 5.82 Å². The topological polar surface area (TPSA) is 42.2 Å². The summed E-state index contributed by atoms with van der Waals surface area (Å²) in [7, 11) is 1.96. The molecule has 0 unspecified atom stereocenters. The minimum atomic E-state index is -0.146. The molecule has 3 nitrogen and oxygen atoms in total. The summed E-state index contributed by atoms with van der Waals surface area (Å²) < 4.78 is 13.5. The Balaban J connectivity index is 1.96. The maximum atomic E-state index is 13.5. The predicted molar refractivity (Wildman–Crippen MR) is 73.4 cm³/mol. The van der Waals surface area contributed by atoms with Crippen LogP contribution in [-0.2, 0) is 13.0 Å². The molecule has 5 heteroatoms. The van der Waals surface area contributed by atoms with Gasteiger partial charge in [0.25, 0.3) is 0 Å². The smallest absolute Gasteiger partial charge is 0.185 e. The van der Waals surface area contributed by atoms with Gasteiger partial charge < -0.3 is 10.6 Å². The van der Waals surface area contributed by atoms with Crippen LogP contribution in [0.3, 0.4) is 0 Å². The first-order chi connectivity index (χ1) is 8.70. The van der Waals surface area contributed by atoms with Gasteiger partial charge in [-0.15, -0.1) is 11.3 Å². The third-order valence-corrected chi connectivity index (χ3v) is 3.88. The summed E-state index contributed by atoms with van der Waals surface area (Å²) in [5.74, 6) is -0.146. The number of rotatable bonds is 5. The van der Waals surface area contributed by atoms with Crippen molar-refractivity contribution in [1.82, 2.24) is 4.98 Å². The van der Waals surface area contributed by atoms with E-state index in [1.807, 2.05) is 24.1 Å². The molecule has 18 heavy (non-hydrogen) atoms. The molecule has 0 aliphatic rings. The highest BCUT2D eigenvalue weighted by Gasteiger charge is 2.08. The van der Waals surface area contributed by atoms with E-state index in [4.69, 9.17) is 5.73 Å². The van der Waals surface area contributed by atoms with Gasteiger partial charge in [-0.3, -0.25) is 0 Å². The zero-order valence-electron chi connectivity index (χ0n) is 10.3. The largest absolute Gasteiger partial charge is 0.351 e. The van der Waals surface area contributed by atoms with Crippen LogP contribution >= 0.6 is 11.3 Å². The van der Waals surface area contributed by atoms with Crippen LogP contribution in [0.2, 0.25) is 0 Å². The fourth-order valence-corrected chi connectivity index (χ4v) is 2.43. The highest BCUT2D eigenvalue weighted by atomic mass is 32.1. The summed E-state index contributed by atoms with van der Waals surface area (Å²) in [6.45, 7) is 1.25. The van der Waals surface area contributed by atoms with Gasteiger partial charge in [-0.2, -0.15) is 0 Å². The van der Waals surface area contributed by atoms with E-state index in [0.717, 1.165) is 22.1 Å². The summed E-state index contributed by atoms with van der Waals surface area (Å²) in [6.07, 6.45) is 2.46. The van der Waals surface area contributed by atoms with Crippen molar-refractivity contribution < 1.29 is 4.39 Å². The number of likely N-dealkylation sites (N-methyl/N-ethyl adjacent to an activating group) is 1. The second-order valence-corrected chi connectivity index (χ2v) is 5.17. The van der Waals surface area contributed by atoms with Crippen molar-refractivity contribution in [2.45, 2.75) is 13.0 Å². The number of hydrogen-bond donors (Lipinski definition) is 1. The molecule has 0 aliphatic carbocycles. The van der Waals surface area contributed by atoms with Crippen LogP contribution in [-0.4, -0.2) is 18.6 Å². The number of nitrogens with two attached hydrogens (primary N) is 1. The molecule has 2 aromatic rings. The van der Waals surface area contributed by atoms with Crippen molar-refractivity contribution >= 4 is 16.5 Å². The quantitative estimate of drug-likeness (QED) is 0.902. The van der Waals surface area contributed by atoms with Crippen molar-refractivity contribution in [3.05, 3.63) is 46.7 Å². The normalized spacial score (nSPS) is 10.6. The number of anilines is 1. The Kier molecular flexibility index (Phi) is 4.28. The molecule has 1 aromatic carbocycles. The van der Waals surface area contributed by atoms with Crippen LogP contribution in [0.25, 0.3) is 0 Å². The van der Waals surface area contributed by atoms with Gasteiger partial charge in [0, 0.05) is 31.2 Å². The van der Waals surface area contributed by atoms with Gasteiger partial charge >= 0.3 is 0 Å². The Labute approximate surface area is 110 Å². The zero-order chi connectivity index (χ0) is 13.0. The van der Waals surface area contributed by atoms with Crippen molar-refractivity contribution in [2.24, 2.45) is 5.73 Å². The molecule has 1 aromatic heterocycles. The molecule has 0 aliphatic heterocycles. The zero-order valence-corrected chi connectivity index (χ0v) is 11.1. The third-order valence-electron chi connectivity index (χ3n) is 2.74. The number of hydrogen-bond acceptors (Lipinski definition) is 4. The Bertz CT molecular complexity index is 512. The van der Waals surface area contributed by atoms with Crippen molar-refractivity contribution in [3.8, 4) is 0 Å². The average molecular weight is 265 g/mol. The van der Waals surface area contributed by atoms with Gasteiger partial charge in [-0.05, 0) is 18.1 Å². The van der Waals surface area contributed by atoms with Gasteiger partial charge in [0.1, 0.15) is 5.82 Å². The van der Waals surface area contributed by atoms with E-state index in [1.165, 1.54) is 6.07 Å². The SMILES string of the molecule is CN(CCc1ccccc1F)c1ncc(CN)s1. The Hall–Kier alpha value is -1.46. The van der Waals surface area contributed by atoms with Crippen LogP contribution in [0.15, 0.2) is 30.5 Å². The number of benzene rings is 1. The maximum absolute atomic E-state index is 13.5. The molecule has 0 fully saturated rings. The highest BCUT2D eigenvalue weighted by molar-refractivity contribution is 7.15. The monoisotopic (exact) mass is 265 g/mol. The average Bonchev–Trinajstić information content (AvgIpc) is 2.86. The molecule has 1 heterocycles. The van der Waals surface area contributed by atoms with Crippen LogP contribution < -0.4 is 10.6 Å². The van der Waals surface area contributed by atoms with Gasteiger partial charge in [0.2, 0.25) is 0 Å². The van der Waals surface area contributed by atoms with Crippen LogP contribution in [0, 0.1) is 5.82 Å². The lowest BCUT2D eigenvalue weighted by Crippen LogP contribution is -2.20. The summed E-state index contributed by atoms with van der Waals surface area (Å²) in [5.41, 5.74) is 6.29. The third kappa shape index (κ3) is 3.05. The Morgan fingerprint density at radius 1 is 1.39 bits per heavy atom. The lowest BCUT2D eigenvalue weighted by molar-refractivity contribution is 0.608. The molecule has 0 atom stereocenters. The second-order valence-electron chi connectivity index (χ2n) is 4.08. The van der Waals surface area contributed by atoms with Crippen LogP contribution in [0.5, 0.6) is 0 Å². The van der Waals surface area contributed by atoms with E-state index in [1.54, 1.807) is 23.6 Å².